The highest BCUT2D eigenvalue weighted by Gasteiger charge is 2.18. The van der Waals surface area contributed by atoms with Gasteiger partial charge in [-0.05, 0) is 26.2 Å². The first kappa shape index (κ1) is 15.4. The van der Waals surface area contributed by atoms with E-state index < -0.39 is 0 Å². The number of hydrogen-bond donors (Lipinski definition) is 1. The molecule has 0 aliphatic carbocycles. The van der Waals surface area contributed by atoms with Crippen molar-refractivity contribution in [2.24, 2.45) is 11.7 Å². The van der Waals surface area contributed by atoms with Gasteiger partial charge in [-0.2, -0.15) is 0 Å². The molecule has 0 rings (SSSR count). The highest BCUT2D eigenvalue weighted by Crippen LogP contribution is 2.11. The Balaban J connectivity index is 3.68. The molecule has 0 fully saturated rings. The largest absolute Gasteiger partial charge is 0.462 e. The van der Waals surface area contributed by atoms with Crippen LogP contribution in [0.3, 0.4) is 0 Å². The Hall–Kier alpha value is -0.570. The zero-order chi connectivity index (χ0) is 12.4. The standard InChI is InChI=1S/C13H27NO2/c1-4-6-7-8-9-11(3)16-13(15)12(5-2)10-14/h11-12H,4-10,14H2,1-3H3. The fraction of sp³-hybridized carbons (Fsp3) is 0.923. The molecule has 0 saturated heterocycles. The van der Waals surface area contributed by atoms with E-state index in [1.54, 1.807) is 0 Å². The maximum Gasteiger partial charge on any atom is 0.310 e. The molecule has 0 amide bonds. The first-order chi connectivity index (χ1) is 7.65. The van der Waals surface area contributed by atoms with Crippen molar-refractivity contribution in [2.75, 3.05) is 6.54 Å². The van der Waals surface area contributed by atoms with Crippen LogP contribution in [0, 0.1) is 5.92 Å². The van der Waals surface area contributed by atoms with Crippen molar-refractivity contribution in [2.45, 2.75) is 65.4 Å². The van der Waals surface area contributed by atoms with E-state index in [2.05, 4.69) is 6.92 Å². The molecule has 0 aromatic rings. The topological polar surface area (TPSA) is 52.3 Å². The van der Waals surface area contributed by atoms with E-state index in [9.17, 15) is 4.79 Å². The molecule has 96 valence electrons. The molecule has 0 aromatic carbocycles. The number of ether oxygens (including phenoxy) is 1. The third-order valence-electron chi connectivity index (χ3n) is 2.89. The maximum absolute atomic E-state index is 11.6. The molecule has 2 unspecified atom stereocenters. The predicted octanol–water partition coefficient (Wildman–Crippen LogP) is 2.87. The number of nitrogens with two attached hydrogens (primary N) is 1. The Morgan fingerprint density at radius 3 is 2.44 bits per heavy atom. The van der Waals surface area contributed by atoms with Gasteiger partial charge in [-0.25, -0.2) is 0 Å². The van der Waals surface area contributed by atoms with Crippen molar-refractivity contribution in [3.8, 4) is 0 Å². The molecule has 0 aliphatic heterocycles. The lowest BCUT2D eigenvalue weighted by Crippen LogP contribution is -2.27. The summed E-state index contributed by atoms with van der Waals surface area (Å²) in [5.41, 5.74) is 5.50. The maximum atomic E-state index is 11.6. The SMILES string of the molecule is CCCCCCC(C)OC(=O)C(CC)CN. The molecule has 3 nitrogen and oxygen atoms in total. The van der Waals surface area contributed by atoms with Crippen molar-refractivity contribution in [1.29, 1.82) is 0 Å². The zero-order valence-electron chi connectivity index (χ0n) is 11.0. The summed E-state index contributed by atoms with van der Waals surface area (Å²) in [5.74, 6) is -0.258. The first-order valence-corrected chi connectivity index (χ1v) is 6.56. The normalized spacial score (nSPS) is 14.5. The van der Waals surface area contributed by atoms with Crippen molar-refractivity contribution in [3.05, 3.63) is 0 Å². The van der Waals surface area contributed by atoms with Gasteiger partial charge in [-0.15, -0.1) is 0 Å². The van der Waals surface area contributed by atoms with Crippen molar-refractivity contribution >= 4 is 5.97 Å². The molecule has 0 radical (unpaired) electrons. The third kappa shape index (κ3) is 6.83. The monoisotopic (exact) mass is 229 g/mol. The molecule has 2 N–H and O–H groups in total. The van der Waals surface area contributed by atoms with Crippen LogP contribution in [0.2, 0.25) is 0 Å². The van der Waals surface area contributed by atoms with Crippen LogP contribution in [0.4, 0.5) is 0 Å². The predicted molar refractivity (Wildman–Crippen MR) is 67.1 cm³/mol. The van der Waals surface area contributed by atoms with Crippen LogP contribution in [0.5, 0.6) is 0 Å². The van der Waals surface area contributed by atoms with E-state index in [1.165, 1.54) is 19.3 Å². The minimum Gasteiger partial charge on any atom is -0.462 e. The third-order valence-corrected chi connectivity index (χ3v) is 2.89. The molecule has 3 heteroatoms. The zero-order valence-corrected chi connectivity index (χ0v) is 11.0. The van der Waals surface area contributed by atoms with Crippen LogP contribution in [-0.4, -0.2) is 18.6 Å². The Morgan fingerprint density at radius 2 is 1.94 bits per heavy atom. The van der Waals surface area contributed by atoms with E-state index in [0.717, 1.165) is 19.3 Å². The molecule has 16 heavy (non-hydrogen) atoms. The summed E-state index contributed by atoms with van der Waals surface area (Å²) in [7, 11) is 0. The summed E-state index contributed by atoms with van der Waals surface area (Å²) in [5, 5.41) is 0. The van der Waals surface area contributed by atoms with Gasteiger partial charge in [0.1, 0.15) is 0 Å². The molecule has 0 aromatic heterocycles. The number of rotatable bonds is 9. The van der Waals surface area contributed by atoms with Crippen LogP contribution < -0.4 is 5.73 Å². The lowest BCUT2D eigenvalue weighted by molar-refractivity contribution is -0.153. The van der Waals surface area contributed by atoms with Gasteiger partial charge in [0.05, 0.1) is 12.0 Å². The summed E-state index contributed by atoms with van der Waals surface area (Å²) in [4.78, 5) is 11.6. The fourth-order valence-electron chi connectivity index (χ4n) is 1.64. The average Bonchev–Trinajstić information content (AvgIpc) is 2.26. The molecule has 0 spiro atoms. The van der Waals surface area contributed by atoms with Crippen molar-refractivity contribution in [1.82, 2.24) is 0 Å². The van der Waals surface area contributed by atoms with Gasteiger partial charge in [0.15, 0.2) is 0 Å². The van der Waals surface area contributed by atoms with E-state index in [-0.39, 0.29) is 18.0 Å². The van der Waals surface area contributed by atoms with Crippen LogP contribution >= 0.6 is 0 Å². The number of carbonyl (C=O) groups excluding carboxylic acids is 1. The number of unbranched alkanes of at least 4 members (excludes halogenated alkanes) is 3. The van der Waals surface area contributed by atoms with Gasteiger partial charge in [0, 0.05) is 6.54 Å². The molecular formula is C13H27NO2. The molecule has 0 bridgehead atoms. The molecular weight excluding hydrogens is 202 g/mol. The van der Waals surface area contributed by atoms with Gasteiger partial charge in [-0.1, -0.05) is 33.1 Å². The summed E-state index contributed by atoms with van der Waals surface area (Å²) < 4.78 is 5.36. The Bertz CT molecular complexity index is 179. The lowest BCUT2D eigenvalue weighted by atomic mass is 10.1. The smallest absolute Gasteiger partial charge is 0.310 e. The van der Waals surface area contributed by atoms with E-state index >= 15 is 0 Å². The molecule has 0 heterocycles. The molecule has 2 atom stereocenters. The average molecular weight is 229 g/mol. The highest BCUT2D eigenvalue weighted by molar-refractivity contribution is 5.72. The summed E-state index contributed by atoms with van der Waals surface area (Å²) in [6.07, 6.45) is 6.63. The van der Waals surface area contributed by atoms with Crippen molar-refractivity contribution in [3.63, 3.8) is 0 Å². The van der Waals surface area contributed by atoms with E-state index in [1.807, 2.05) is 13.8 Å². The van der Waals surface area contributed by atoms with E-state index in [0.29, 0.717) is 6.54 Å². The second kappa shape index (κ2) is 9.64. The van der Waals surface area contributed by atoms with Gasteiger partial charge in [-0.3, -0.25) is 4.79 Å². The van der Waals surface area contributed by atoms with Gasteiger partial charge in [0.2, 0.25) is 0 Å². The second-order valence-electron chi connectivity index (χ2n) is 4.44. The molecule has 0 aliphatic rings. The fourth-order valence-corrected chi connectivity index (χ4v) is 1.64. The molecule has 0 saturated carbocycles. The Kier molecular flexibility index (Phi) is 9.30. The lowest BCUT2D eigenvalue weighted by Gasteiger charge is -2.17. The van der Waals surface area contributed by atoms with Gasteiger partial charge >= 0.3 is 5.97 Å². The quantitative estimate of drug-likeness (QED) is 0.488. The first-order valence-electron chi connectivity index (χ1n) is 6.56. The van der Waals surface area contributed by atoms with Gasteiger partial charge < -0.3 is 10.5 Å². The number of carbonyl (C=O) groups is 1. The minimum atomic E-state index is -0.131. The minimum absolute atomic E-state index is 0.0324. The van der Waals surface area contributed by atoms with Crippen LogP contribution in [0.1, 0.15) is 59.3 Å². The second-order valence-corrected chi connectivity index (χ2v) is 4.44. The summed E-state index contributed by atoms with van der Waals surface area (Å²) >= 11 is 0. The van der Waals surface area contributed by atoms with Crippen molar-refractivity contribution < 1.29 is 9.53 Å². The number of hydrogen-bond acceptors (Lipinski definition) is 3. The number of esters is 1. The Morgan fingerprint density at radius 1 is 1.25 bits per heavy atom. The van der Waals surface area contributed by atoms with Crippen LogP contribution in [0.15, 0.2) is 0 Å². The summed E-state index contributed by atoms with van der Waals surface area (Å²) in [6, 6.07) is 0. The van der Waals surface area contributed by atoms with E-state index in [4.69, 9.17) is 10.5 Å². The van der Waals surface area contributed by atoms with Crippen LogP contribution in [0.25, 0.3) is 0 Å². The Labute approximate surface area is 99.7 Å². The van der Waals surface area contributed by atoms with Crippen LogP contribution in [-0.2, 0) is 9.53 Å². The highest BCUT2D eigenvalue weighted by atomic mass is 16.5. The summed E-state index contributed by atoms with van der Waals surface area (Å²) in [6.45, 7) is 6.51. The van der Waals surface area contributed by atoms with Gasteiger partial charge in [0.25, 0.3) is 0 Å².